The Bertz CT molecular complexity index is 424. The predicted molar refractivity (Wildman–Crippen MR) is 78.8 cm³/mol. The number of likely N-dealkylation sites (tertiary alicyclic amines) is 1. The molecule has 5 nitrogen and oxygen atoms in total. The van der Waals surface area contributed by atoms with Crippen LogP contribution in [0, 0.1) is 0 Å². The second kappa shape index (κ2) is 8.64. The normalized spacial score (nSPS) is 18.5. The van der Waals surface area contributed by atoms with Crippen LogP contribution in [0.1, 0.15) is 24.8 Å². The van der Waals surface area contributed by atoms with E-state index in [-0.39, 0.29) is 18.9 Å². The van der Waals surface area contributed by atoms with Crippen LogP contribution in [0.2, 0.25) is 0 Å². The van der Waals surface area contributed by atoms with E-state index in [1.165, 1.54) is 0 Å². The lowest BCUT2D eigenvalue weighted by Crippen LogP contribution is -2.46. The van der Waals surface area contributed by atoms with E-state index in [2.05, 4.69) is 0 Å². The van der Waals surface area contributed by atoms with Crippen LogP contribution in [0.15, 0.2) is 30.3 Å². The van der Waals surface area contributed by atoms with Crippen molar-refractivity contribution in [2.45, 2.75) is 31.9 Å². The van der Waals surface area contributed by atoms with E-state index in [1.807, 2.05) is 30.3 Å². The van der Waals surface area contributed by atoms with E-state index in [4.69, 9.17) is 14.2 Å². The standard InChI is InChI=1S/C16H23NO4/c1-19-13-20-12-15-9-5-6-10-17(15)16(18)21-11-14-7-3-2-4-8-14/h2-4,7-8,15H,5-6,9-13H2,1H3/t15-/m1/s1. The van der Waals surface area contributed by atoms with E-state index in [1.54, 1.807) is 12.0 Å². The van der Waals surface area contributed by atoms with Gasteiger partial charge in [-0.3, -0.25) is 0 Å². The first-order chi connectivity index (χ1) is 10.3. The zero-order valence-electron chi connectivity index (χ0n) is 12.5. The lowest BCUT2D eigenvalue weighted by Gasteiger charge is -2.34. The Kier molecular flexibility index (Phi) is 6.50. The molecule has 1 heterocycles. The van der Waals surface area contributed by atoms with Gasteiger partial charge in [-0.2, -0.15) is 0 Å². The van der Waals surface area contributed by atoms with Gasteiger partial charge in [-0.05, 0) is 24.8 Å². The molecule has 1 aromatic rings. The number of hydrogen-bond donors (Lipinski definition) is 0. The molecule has 21 heavy (non-hydrogen) atoms. The molecule has 0 unspecified atom stereocenters. The van der Waals surface area contributed by atoms with Gasteiger partial charge < -0.3 is 19.1 Å². The minimum atomic E-state index is -0.260. The summed E-state index contributed by atoms with van der Waals surface area (Å²) in [7, 11) is 1.59. The molecule has 0 saturated carbocycles. The largest absolute Gasteiger partial charge is 0.445 e. The second-order valence-electron chi connectivity index (χ2n) is 5.16. The molecule has 1 aliphatic rings. The van der Waals surface area contributed by atoms with Gasteiger partial charge >= 0.3 is 6.09 Å². The summed E-state index contributed by atoms with van der Waals surface area (Å²) in [5.74, 6) is 0. The number of carbonyl (C=O) groups excluding carboxylic acids is 1. The number of nitrogens with zero attached hydrogens (tertiary/aromatic N) is 1. The van der Waals surface area contributed by atoms with Crippen LogP contribution in [-0.2, 0) is 20.8 Å². The fourth-order valence-corrected chi connectivity index (χ4v) is 2.48. The highest BCUT2D eigenvalue weighted by Gasteiger charge is 2.27. The van der Waals surface area contributed by atoms with Crippen LogP contribution >= 0.6 is 0 Å². The van der Waals surface area contributed by atoms with Gasteiger partial charge in [0.2, 0.25) is 0 Å². The fraction of sp³-hybridized carbons (Fsp3) is 0.562. The maximum atomic E-state index is 12.2. The third kappa shape index (κ3) is 5.02. The van der Waals surface area contributed by atoms with Crippen molar-refractivity contribution in [2.75, 3.05) is 27.1 Å². The van der Waals surface area contributed by atoms with Crippen LogP contribution in [0.3, 0.4) is 0 Å². The first kappa shape index (κ1) is 15.8. The molecule has 0 radical (unpaired) electrons. The number of amides is 1. The summed E-state index contributed by atoms with van der Waals surface area (Å²) in [4.78, 5) is 14.0. The summed E-state index contributed by atoms with van der Waals surface area (Å²) in [6.45, 7) is 1.79. The quantitative estimate of drug-likeness (QED) is 0.598. The highest BCUT2D eigenvalue weighted by Crippen LogP contribution is 2.19. The molecule has 0 N–H and O–H groups in total. The Morgan fingerprint density at radius 3 is 2.86 bits per heavy atom. The average molecular weight is 293 g/mol. The fourth-order valence-electron chi connectivity index (χ4n) is 2.48. The van der Waals surface area contributed by atoms with Gasteiger partial charge in [0.05, 0.1) is 12.6 Å². The van der Waals surface area contributed by atoms with E-state index in [9.17, 15) is 4.79 Å². The monoisotopic (exact) mass is 293 g/mol. The minimum Gasteiger partial charge on any atom is -0.445 e. The molecule has 1 amide bonds. The third-order valence-corrected chi connectivity index (χ3v) is 3.58. The molecule has 2 rings (SSSR count). The lowest BCUT2D eigenvalue weighted by atomic mass is 10.0. The average Bonchev–Trinajstić information content (AvgIpc) is 2.54. The Morgan fingerprint density at radius 1 is 1.29 bits per heavy atom. The molecule has 5 heteroatoms. The van der Waals surface area contributed by atoms with Gasteiger partial charge in [0.15, 0.2) is 0 Å². The molecule has 1 atom stereocenters. The number of carbonyl (C=O) groups is 1. The Hall–Kier alpha value is -1.59. The molecule has 116 valence electrons. The summed E-state index contributed by atoms with van der Waals surface area (Å²) in [6, 6.07) is 9.79. The van der Waals surface area contributed by atoms with Crippen molar-refractivity contribution in [1.82, 2.24) is 4.90 Å². The molecule has 0 spiro atoms. The number of rotatable bonds is 6. The predicted octanol–water partition coefficient (Wildman–Crippen LogP) is 2.80. The van der Waals surface area contributed by atoms with Crippen molar-refractivity contribution in [3.8, 4) is 0 Å². The van der Waals surface area contributed by atoms with E-state index in [0.29, 0.717) is 13.2 Å². The second-order valence-corrected chi connectivity index (χ2v) is 5.16. The molecular weight excluding hydrogens is 270 g/mol. The summed E-state index contributed by atoms with van der Waals surface area (Å²) in [5, 5.41) is 0. The van der Waals surface area contributed by atoms with Crippen molar-refractivity contribution in [3.05, 3.63) is 35.9 Å². The molecule has 0 bridgehead atoms. The molecular formula is C16H23NO4. The zero-order chi connectivity index (χ0) is 14.9. The summed E-state index contributed by atoms with van der Waals surface area (Å²) >= 11 is 0. The van der Waals surface area contributed by atoms with Crippen LogP contribution in [-0.4, -0.2) is 44.1 Å². The topological polar surface area (TPSA) is 48.0 Å². The first-order valence-corrected chi connectivity index (χ1v) is 7.35. The minimum absolute atomic E-state index is 0.0807. The number of benzene rings is 1. The first-order valence-electron chi connectivity index (χ1n) is 7.35. The SMILES string of the molecule is COCOC[C@H]1CCCCN1C(=O)OCc1ccccc1. The van der Waals surface area contributed by atoms with Crippen molar-refractivity contribution in [1.29, 1.82) is 0 Å². The number of piperidine rings is 1. The maximum Gasteiger partial charge on any atom is 0.410 e. The highest BCUT2D eigenvalue weighted by molar-refractivity contribution is 5.68. The van der Waals surface area contributed by atoms with Gasteiger partial charge in [0.25, 0.3) is 0 Å². The third-order valence-electron chi connectivity index (χ3n) is 3.58. The summed E-state index contributed by atoms with van der Waals surface area (Å²) in [5.41, 5.74) is 0.995. The Labute approximate surface area is 125 Å². The van der Waals surface area contributed by atoms with Crippen LogP contribution in [0.25, 0.3) is 0 Å². The van der Waals surface area contributed by atoms with Gasteiger partial charge in [-0.25, -0.2) is 4.79 Å². The van der Waals surface area contributed by atoms with E-state index in [0.717, 1.165) is 31.4 Å². The van der Waals surface area contributed by atoms with Crippen molar-refractivity contribution in [3.63, 3.8) is 0 Å². The van der Waals surface area contributed by atoms with E-state index < -0.39 is 0 Å². The maximum absolute atomic E-state index is 12.2. The van der Waals surface area contributed by atoms with Crippen LogP contribution in [0.4, 0.5) is 4.79 Å². The van der Waals surface area contributed by atoms with Crippen molar-refractivity contribution < 1.29 is 19.0 Å². The zero-order valence-corrected chi connectivity index (χ0v) is 12.5. The number of hydrogen-bond acceptors (Lipinski definition) is 4. The van der Waals surface area contributed by atoms with Crippen LogP contribution in [0.5, 0.6) is 0 Å². The summed E-state index contributed by atoms with van der Waals surface area (Å²) in [6.07, 6.45) is 2.82. The molecule has 0 aromatic heterocycles. The molecule has 0 aliphatic carbocycles. The molecule has 1 aliphatic heterocycles. The summed E-state index contributed by atoms with van der Waals surface area (Å²) < 4.78 is 15.7. The lowest BCUT2D eigenvalue weighted by molar-refractivity contribution is -0.0556. The van der Waals surface area contributed by atoms with Crippen molar-refractivity contribution in [2.24, 2.45) is 0 Å². The van der Waals surface area contributed by atoms with Gasteiger partial charge in [0.1, 0.15) is 13.4 Å². The Morgan fingerprint density at radius 2 is 2.10 bits per heavy atom. The Balaban J connectivity index is 1.83. The molecule has 1 fully saturated rings. The van der Waals surface area contributed by atoms with Gasteiger partial charge in [-0.1, -0.05) is 30.3 Å². The van der Waals surface area contributed by atoms with Crippen LogP contribution < -0.4 is 0 Å². The van der Waals surface area contributed by atoms with E-state index >= 15 is 0 Å². The highest BCUT2D eigenvalue weighted by atomic mass is 16.7. The number of methoxy groups -OCH3 is 1. The molecule has 1 aromatic carbocycles. The van der Waals surface area contributed by atoms with Crippen molar-refractivity contribution >= 4 is 6.09 Å². The smallest absolute Gasteiger partial charge is 0.410 e. The molecule has 1 saturated heterocycles. The van der Waals surface area contributed by atoms with Gasteiger partial charge in [-0.15, -0.1) is 0 Å². The number of ether oxygens (including phenoxy) is 3. The van der Waals surface area contributed by atoms with Gasteiger partial charge in [0, 0.05) is 13.7 Å².